The molecule has 1 unspecified atom stereocenters. The van der Waals surface area contributed by atoms with Crippen LogP contribution < -0.4 is 0 Å². The lowest BCUT2D eigenvalue weighted by atomic mass is 10.2. The van der Waals surface area contributed by atoms with Crippen molar-refractivity contribution in [3.63, 3.8) is 0 Å². The highest BCUT2D eigenvalue weighted by Gasteiger charge is 2.17. The maximum Gasteiger partial charge on any atom is 0.259 e. The fourth-order valence-corrected chi connectivity index (χ4v) is 2.28. The Labute approximate surface area is 123 Å². The van der Waals surface area contributed by atoms with E-state index in [0.29, 0.717) is 23.2 Å². The van der Waals surface area contributed by atoms with Crippen LogP contribution in [0.4, 0.5) is 0 Å². The minimum Gasteiger partial charge on any atom is -0.385 e. The molecular formula is C12H12ClIN2O2. The second kappa shape index (κ2) is 5.99. The van der Waals surface area contributed by atoms with Crippen molar-refractivity contribution in [2.45, 2.75) is 25.9 Å². The van der Waals surface area contributed by atoms with E-state index in [9.17, 15) is 5.11 Å². The highest BCUT2D eigenvalue weighted by molar-refractivity contribution is 14.1. The monoisotopic (exact) mass is 378 g/mol. The van der Waals surface area contributed by atoms with Gasteiger partial charge in [0.05, 0.1) is 5.56 Å². The first-order valence-electron chi connectivity index (χ1n) is 5.59. The van der Waals surface area contributed by atoms with Crippen LogP contribution >= 0.6 is 34.2 Å². The molecule has 1 atom stereocenters. The molecule has 0 aliphatic heterocycles. The Morgan fingerprint density at radius 3 is 3.00 bits per heavy atom. The van der Waals surface area contributed by atoms with E-state index in [-0.39, 0.29) is 0 Å². The van der Waals surface area contributed by atoms with Gasteiger partial charge in [-0.15, -0.1) is 0 Å². The summed E-state index contributed by atoms with van der Waals surface area (Å²) in [6, 6.07) is 5.45. The van der Waals surface area contributed by atoms with Crippen LogP contribution in [-0.4, -0.2) is 15.2 Å². The lowest BCUT2D eigenvalue weighted by Crippen LogP contribution is -1.98. The number of aromatic nitrogens is 2. The molecule has 0 fully saturated rings. The van der Waals surface area contributed by atoms with Crippen molar-refractivity contribution < 1.29 is 9.63 Å². The van der Waals surface area contributed by atoms with Gasteiger partial charge in [0.25, 0.3) is 5.89 Å². The van der Waals surface area contributed by atoms with E-state index in [4.69, 9.17) is 16.1 Å². The molecule has 1 aromatic heterocycles. The molecule has 96 valence electrons. The van der Waals surface area contributed by atoms with Crippen LogP contribution in [0.25, 0.3) is 11.5 Å². The molecule has 4 nitrogen and oxygen atoms in total. The Kier molecular flexibility index (Phi) is 4.58. The summed E-state index contributed by atoms with van der Waals surface area (Å²) in [4.78, 5) is 4.21. The van der Waals surface area contributed by atoms with Gasteiger partial charge >= 0.3 is 0 Å². The summed E-state index contributed by atoms with van der Waals surface area (Å²) in [6.45, 7) is 1.99. The predicted molar refractivity (Wildman–Crippen MR) is 77.3 cm³/mol. The number of halogens is 2. The zero-order valence-corrected chi connectivity index (χ0v) is 12.6. The first-order chi connectivity index (χ1) is 8.61. The standard InChI is InChI=1S/C12H12ClIN2O2/c1-2-3-10(17)11-15-12(18-16-11)8-6-7(13)4-5-9(8)14/h4-6,10,17H,2-3H2,1H3. The maximum absolute atomic E-state index is 9.79. The quantitative estimate of drug-likeness (QED) is 0.822. The summed E-state index contributed by atoms with van der Waals surface area (Å²) in [5.41, 5.74) is 0.783. The number of hydrogen-bond acceptors (Lipinski definition) is 4. The Morgan fingerprint density at radius 1 is 1.50 bits per heavy atom. The molecule has 1 heterocycles. The summed E-state index contributed by atoms with van der Waals surface area (Å²) in [5, 5.41) is 14.2. The number of hydrogen-bond donors (Lipinski definition) is 1. The van der Waals surface area contributed by atoms with Crippen molar-refractivity contribution >= 4 is 34.2 Å². The molecule has 1 N–H and O–H groups in total. The molecule has 0 amide bonds. The Balaban J connectivity index is 2.32. The van der Waals surface area contributed by atoms with Crippen molar-refractivity contribution in [2.24, 2.45) is 0 Å². The molecule has 18 heavy (non-hydrogen) atoms. The normalized spacial score (nSPS) is 12.7. The van der Waals surface area contributed by atoms with Crippen molar-refractivity contribution in [3.05, 3.63) is 32.6 Å². The predicted octanol–water partition coefficient (Wildman–Crippen LogP) is 3.83. The maximum atomic E-state index is 9.79. The summed E-state index contributed by atoms with van der Waals surface area (Å²) in [7, 11) is 0. The molecule has 0 aliphatic carbocycles. The van der Waals surface area contributed by atoms with Gasteiger partial charge < -0.3 is 9.63 Å². The average Bonchev–Trinajstić information content (AvgIpc) is 2.82. The minimum atomic E-state index is -0.677. The fourth-order valence-electron chi connectivity index (χ4n) is 1.54. The number of rotatable bonds is 4. The van der Waals surface area contributed by atoms with E-state index in [1.807, 2.05) is 13.0 Å². The van der Waals surface area contributed by atoms with Crippen LogP contribution in [0.1, 0.15) is 31.7 Å². The highest BCUT2D eigenvalue weighted by atomic mass is 127. The van der Waals surface area contributed by atoms with Crippen molar-refractivity contribution in [2.75, 3.05) is 0 Å². The number of nitrogens with zero attached hydrogens (tertiary/aromatic N) is 2. The molecule has 0 radical (unpaired) electrons. The summed E-state index contributed by atoms with van der Waals surface area (Å²) in [5.74, 6) is 0.703. The highest BCUT2D eigenvalue weighted by Crippen LogP contribution is 2.28. The zero-order chi connectivity index (χ0) is 13.1. The third kappa shape index (κ3) is 3.02. The van der Waals surface area contributed by atoms with Crippen LogP contribution in [0.5, 0.6) is 0 Å². The second-order valence-electron chi connectivity index (χ2n) is 3.89. The Bertz CT molecular complexity index is 545. The molecule has 0 aliphatic rings. The van der Waals surface area contributed by atoms with Crippen molar-refractivity contribution in [1.82, 2.24) is 10.1 Å². The number of benzene rings is 1. The third-order valence-corrected chi connectivity index (χ3v) is 3.64. The van der Waals surface area contributed by atoms with Gasteiger partial charge in [-0.25, -0.2) is 0 Å². The SMILES string of the molecule is CCCC(O)c1noc(-c2cc(Cl)ccc2I)n1. The van der Waals surface area contributed by atoms with Gasteiger partial charge in [0, 0.05) is 8.59 Å². The van der Waals surface area contributed by atoms with E-state index in [0.717, 1.165) is 15.6 Å². The molecule has 0 spiro atoms. The van der Waals surface area contributed by atoms with Crippen LogP contribution in [0, 0.1) is 3.57 Å². The first kappa shape index (κ1) is 13.8. The summed E-state index contributed by atoms with van der Waals surface area (Å²) < 4.78 is 6.14. The molecular weight excluding hydrogens is 367 g/mol. The topological polar surface area (TPSA) is 59.2 Å². The minimum absolute atomic E-state index is 0.322. The number of aliphatic hydroxyl groups excluding tert-OH is 1. The van der Waals surface area contributed by atoms with Crippen LogP contribution in [-0.2, 0) is 0 Å². The van der Waals surface area contributed by atoms with Crippen LogP contribution in [0.3, 0.4) is 0 Å². The number of aliphatic hydroxyl groups is 1. The van der Waals surface area contributed by atoms with Gasteiger partial charge in [0.1, 0.15) is 6.10 Å². The van der Waals surface area contributed by atoms with Gasteiger partial charge in [-0.3, -0.25) is 0 Å². The summed E-state index contributed by atoms with van der Waals surface area (Å²) >= 11 is 8.12. The second-order valence-corrected chi connectivity index (χ2v) is 5.48. The third-order valence-electron chi connectivity index (χ3n) is 2.46. The average molecular weight is 379 g/mol. The van der Waals surface area contributed by atoms with E-state index < -0.39 is 6.10 Å². The molecule has 2 rings (SSSR count). The molecule has 6 heteroatoms. The van der Waals surface area contributed by atoms with Gasteiger partial charge in [-0.1, -0.05) is 30.1 Å². The fraction of sp³-hybridized carbons (Fsp3) is 0.333. The Morgan fingerprint density at radius 2 is 2.28 bits per heavy atom. The van der Waals surface area contributed by atoms with Crippen molar-refractivity contribution in [1.29, 1.82) is 0 Å². The van der Waals surface area contributed by atoms with E-state index >= 15 is 0 Å². The van der Waals surface area contributed by atoms with Gasteiger partial charge in [-0.2, -0.15) is 4.98 Å². The molecule has 0 saturated heterocycles. The summed E-state index contributed by atoms with van der Waals surface area (Å²) in [6.07, 6.45) is 0.801. The molecule has 2 aromatic rings. The van der Waals surface area contributed by atoms with Gasteiger partial charge in [0.15, 0.2) is 0 Å². The molecule has 1 aromatic carbocycles. The van der Waals surface area contributed by atoms with E-state index in [1.165, 1.54) is 0 Å². The van der Waals surface area contributed by atoms with Crippen molar-refractivity contribution in [3.8, 4) is 11.5 Å². The lowest BCUT2D eigenvalue weighted by molar-refractivity contribution is 0.153. The first-order valence-corrected chi connectivity index (χ1v) is 7.04. The van der Waals surface area contributed by atoms with E-state index in [1.54, 1.807) is 12.1 Å². The Hall–Kier alpha value is -0.660. The molecule has 0 saturated carbocycles. The largest absolute Gasteiger partial charge is 0.385 e. The van der Waals surface area contributed by atoms with Gasteiger partial charge in [-0.05, 0) is 47.2 Å². The molecule has 0 bridgehead atoms. The van der Waals surface area contributed by atoms with Crippen LogP contribution in [0.15, 0.2) is 22.7 Å². The van der Waals surface area contributed by atoms with E-state index in [2.05, 4.69) is 32.7 Å². The smallest absolute Gasteiger partial charge is 0.259 e. The lowest BCUT2D eigenvalue weighted by Gasteiger charge is -2.01. The van der Waals surface area contributed by atoms with Crippen LogP contribution in [0.2, 0.25) is 5.02 Å². The zero-order valence-electron chi connectivity index (χ0n) is 9.73. The van der Waals surface area contributed by atoms with Gasteiger partial charge in [0.2, 0.25) is 5.82 Å².